The molecule has 0 atom stereocenters. The summed E-state index contributed by atoms with van der Waals surface area (Å²) in [5.74, 6) is 0. The van der Waals surface area contributed by atoms with Gasteiger partial charge in [0.1, 0.15) is 23.2 Å². The Bertz CT molecular complexity index is 878. The van der Waals surface area contributed by atoms with Gasteiger partial charge in [-0.1, -0.05) is 74.0 Å². The summed E-state index contributed by atoms with van der Waals surface area (Å²) in [5, 5.41) is 4.46. The summed E-state index contributed by atoms with van der Waals surface area (Å²) in [6.07, 6.45) is 4.99. The van der Waals surface area contributed by atoms with Crippen molar-refractivity contribution in [2.24, 2.45) is 5.41 Å². The topological polar surface area (TPSA) is 0 Å². The average Bonchev–Trinajstić information content (AvgIpc) is 2.75. The lowest BCUT2D eigenvalue weighted by Gasteiger charge is -2.38. The molecule has 3 aromatic rings. The van der Waals surface area contributed by atoms with Gasteiger partial charge in [-0.05, 0) is 73.6 Å². The largest absolute Gasteiger partial charge is 1.00 e. The van der Waals surface area contributed by atoms with Crippen molar-refractivity contribution < 1.29 is 12.4 Å². The highest BCUT2D eigenvalue weighted by Gasteiger charge is 2.48. The highest BCUT2D eigenvalue weighted by Crippen LogP contribution is 2.59. The second kappa shape index (κ2) is 9.51. The second-order valence-corrected chi connectivity index (χ2v) is 12.5. The summed E-state index contributed by atoms with van der Waals surface area (Å²) in [5.41, 5.74) is 3.58. The van der Waals surface area contributed by atoms with E-state index in [-0.39, 0.29) is 17.8 Å². The molecule has 0 radical (unpaired) electrons. The fourth-order valence-corrected chi connectivity index (χ4v) is 9.69. The standard InChI is InChI=1S/C28H32P.ClH/c1-23-14-13-21-28(2,3)27(23)22-29(24-15-7-4-8-16-24,25-17-9-5-10-18-25)26-19-11-6-12-20-26;/h4-12,15-20H,13-14,21-22H2,1-3H3;1H/q+1;/p-1. The summed E-state index contributed by atoms with van der Waals surface area (Å²) in [6.45, 7) is 7.30. The van der Waals surface area contributed by atoms with Gasteiger partial charge < -0.3 is 12.4 Å². The average molecular weight is 435 g/mol. The molecule has 0 unspecified atom stereocenters. The van der Waals surface area contributed by atoms with Crippen molar-refractivity contribution in [1.29, 1.82) is 0 Å². The minimum Gasteiger partial charge on any atom is -1.00 e. The Morgan fingerprint density at radius 3 is 1.47 bits per heavy atom. The van der Waals surface area contributed by atoms with E-state index in [0.717, 1.165) is 6.16 Å². The molecule has 0 aliphatic heterocycles. The molecule has 0 fully saturated rings. The predicted octanol–water partition coefficient (Wildman–Crippen LogP) is 3.51. The Morgan fingerprint density at radius 1 is 0.700 bits per heavy atom. The summed E-state index contributed by atoms with van der Waals surface area (Å²) in [6, 6.07) is 33.9. The van der Waals surface area contributed by atoms with Gasteiger partial charge >= 0.3 is 0 Å². The van der Waals surface area contributed by atoms with Gasteiger partial charge in [-0.25, -0.2) is 0 Å². The molecule has 0 spiro atoms. The van der Waals surface area contributed by atoms with Crippen LogP contribution >= 0.6 is 7.26 Å². The number of hydrogen-bond acceptors (Lipinski definition) is 0. The molecule has 0 saturated carbocycles. The molecule has 0 aromatic heterocycles. The first-order valence-corrected chi connectivity index (χ1v) is 12.8. The predicted molar refractivity (Wildman–Crippen MR) is 130 cm³/mol. The third kappa shape index (κ3) is 4.27. The minimum absolute atomic E-state index is 0. The van der Waals surface area contributed by atoms with Crippen LogP contribution in [0, 0.1) is 5.41 Å². The molecule has 3 aromatic carbocycles. The highest BCUT2D eigenvalue weighted by atomic mass is 35.5. The van der Waals surface area contributed by atoms with E-state index in [9.17, 15) is 0 Å². The molecular formula is C28H32ClP. The van der Waals surface area contributed by atoms with Crippen LogP contribution in [0.5, 0.6) is 0 Å². The van der Waals surface area contributed by atoms with E-state index in [1.54, 1.807) is 11.1 Å². The maximum Gasteiger partial charge on any atom is 0.116 e. The molecule has 0 saturated heterocycles. The Balaban J connectivity index is 0.00000256. The molecule has 1 aliphatic rings. The van der Waals surface area contributed by atoms with E-state index in [1.807, 2.05) is 0 Å². The summed E-state index contributed by atoms with van der Waals surface area (Å²) >= 11 is 0. The van der Waals surface area contributed by atoms with Gasteiger partial charge in [0.25, 0.3) is 0 Å². The Labute approximate surface area is 189 Å². The number of rotatable bonds is 5. The molecular weight excluding hydrogens is 403 g/mol. The smallest absolute Gasteiger partial charge is 0.116 e. The zero-order chi connectivity index (χ0) is 20.3. The first-order chi connectivity index (χ1) is 14.0. The molecule has 156 valence electrons. The van der Waals surface area contributed by atoms with Gasteiger partial charge in [-0.2, -0.15) is 0 Å². The molecule has 2 heteroatoms. The van der Waals surface area contributed by atoms with Crippen molar-refractivity contribution in [3.05, 3.63) is 102 Å². The Kier molecular flexibility index (Phi) is 7.22. The maximum absolute atomic E-state index is 2.46. The number of hydrogen-bond donors (Lipinski definition) is 0. The number of halogens is 1. The van der Waals surface area contributed by atoms with Crippen LogP contribution < -0.4 is 28.3 Å². The highest BCUT2D eigenvalue weighted by molar-refractivity contribution is 7.95. The van der Waals surface area contributed by atoms with Gasteiger partial charge in [-0.3, -0.25) is 0 Å². The normalized spacial score (nSPS) is 16.1. The lowest BCUT2D eigenvalue weighted by atomic mass is 9.73. The third-order valence-electron chi connectivity index (χ3n) is 6.67. The van der Waals surface area contributed by atoms with Gasteiger partial charge in [0.15, 0.2) is 0 Å². The zero-order valence-electron chi connectivity index (χ0n) is 18.3. The summed E-state index contributed by atoms with van der Waals surface area (Å²) in [4.78, 5) is 0. The Hall–Kier alpha value is -1.88. The lowest BCUT2D eigenvalue weighted by Crippen LogP contribution is -3.00. The SMILES string of the molecule is CC1=C(C[P+](c2ccccc2)(c2ccccc2)c2ccccc2)C(C)(C)CCC1.[Cl-]. The molecule has 0 heterocycles. The monoisotopic (exact) mass is 434 g/mol. The van der Waals surface area contributed by atoms with E-state index < -0.39 is 7.26 Å². The van der Waals surface area contributed by atoms with Gasteiger partial charge in [0.2, 0.25) is 0 Å². The van der Waals surface area contributed by atoms with Crippen molar-refractivity contribution in [2.75, 3.05) is 6.16 Å². The van der Waals surface area contributed by atoms with Crippen LogP contribution in [-0.2, 0) is 0 Å². The van der Waals surface area contributed by atoms with Crippen molar-refractivity contribution in [3.63, 3.8) is 0 Å². The summed E-state index contributed by atoms with van der Waals surface area (Å²) < 4.78 is 0. The van der Waals surface area contributed by atoms with E-state index in [2.05, 4.69) is 112 Å². The van der Waals surface area contributed by atoms with Crippen molar-refractivity contribution in [3.8, 4) is 0 Å². The molecule has 0 nitrogen and oxygen atoms in total. The number of benzene rings is 3. The first kappa shape index (κ1) is 22.8. The maximum atomic E-state index is 2.46. The van der Waals surface area contributed by atoms with Crippen LogP contribution in [0.1, 0.15) is 40.0 Å². The van der Waals surface area contributed by atoms with Crippen molar-refractivity contribution in [2.45, 2.75) is 40.0 Å². The van der Waals surface area contributed by atoms with E-state index in [1.165, 1.54) is 35.2 Å². The van der Waals surface area contributed by atoms with Crippen molar-refractivity contribution in [1.82, 2.24) is 0 Å². The van der Waals surface area contributed by atoms with E-state index >= 15 is 0 Å². The van der Waals surface area contributed by atoms with E-state index in [4.69, 9.17) is 0 Å². The van der Waals surface area contributed by atoms with Crippen LogP contribution in [-0.4, -0.2) is 6.16 Å². The Morgan fingerprint density at radius 2 is 1.10 bits per heavy atom. The molecule has 0 amide bonds. The lowest BCUT2D eigenvalue weighted by molar-refractivity contribution is -0.00000619. The molecule has 0 bridgehead atoms. The van der Waals surface area contributed by atoms with E-state index in [0.29, 0.717) is 0 Å². The van der Waals surface area contributed by atoms with Crippen LogP contribution in [0.2, 0.25) is 0 Å². The zero-order valence-corrected chi connectivity index (χ0v) is 20.0. The van der Waals surface area contributed by atoms with Crippen molar-refractivity contribution >= 4 is 23.2 Å². The van der Waals surface area contributed by atoms with Gasteiger partial charge in [0.05, 0.1) is 6.16 Å². The first-order valence-electron chi connectivity index (χ1n) is 10.8. The van der Waals surface area contributed by atoms with Gasteiger partial charge in [-0.15, -0.1) is 0 Å². The molecule has 4 rings (SSSR count). The summed E-state index contributed by atoms with van der Waals surface area (Å²) in [7, 11) is -1.80. The molecule has 1 aliphatic carbocycles. The second-order valence-electron chi connectivity index (χ2n) is 8.97. The fraction of sp³-hybridized carbons (Fsp3) is 0.286. The van der Waals surface area contributed by atoms with Crippen LogP contribution in [0.15, 0.2) is 102 Å². The molecule has 30 heavy (non-hydrogen) atoms. The third-order valence-corrected chi connectivity index (χ3v) is 11.0. The van der Waals surface area contributed by atoms with Crippen LogP contribution in [0.25, 0.3) is 0 Å². The molecule has 0 N–H and O–H groups in total. The number of allylic oxidation sites excluding steroid dienone is 2. The van der Waals surface area contributed by atoms with Gasteiger partial charge in [0, 0.05) is 0 Å². The van der Waals surface area contributed by atoms with Crippen LogP contribution in [0.4, 0.5) is 0 Å². The van der Waals surface area contributed by atoms with Crippen LogP contribution in [0.3, 0.4) is 0 Å². The fourth-order valence-electron chi connectivity index (χ4n) is 5.03. The minimum atomic E-state index is -1.80. The quantitative estimate of drug-likeness (QED) is 0.426.